The highest BCUT2D eigenvalue weighted by atomic mass is 16.6. The van der Waals surface area contributed by atoms with Gasteiger partial charge < -0.3 is 33.4 Å². The van der Waals surface area contributed by atoms with Gasteiger partial charge in [0.2, 0.25) is 0 Å². The van der Waals surface area contributed by atoms with Crippen molar-refractivity contribution >= 4 is 17.0 Å². The van der Waals surface area contributed by atoms with Gasteiger partial charge in [-0.1, -0.05) is 13.8 Å². The molecular weight excluding hydrogens is 524 g/mol. The van der Waals surface area contributed by atoms with Gasteiger partial charge in [0.05, 0.1) is 17.6 Å². The molecule has 2 aromatic heterocycles. The highest BCUT2D eigenvalue weighted by molar-refractivity contribution is 5.82. The summed E-state index contributed by atoms with van der Waals surface area (Å²) in [7, 11) is 3.36. The van der Waals surface area contributed by atoms with E-state index in [2.05, 4.69) is 9.88 Å². The Balaban J connectivity index is 1.51. The van der Waals surface area contributed by atoms with Crippen molar-refractivity contribution < 1.29 is 23.7 Å². The number of pyridine rings is 1. The quantitative estimate of drug-likeness (QED) is 0.246. The van der Waals surface area contributed by atoms with Crippen LogP contribution in [0.3, 0.4) is 0 Å². The number of aryl methyl sites for hydroxylation is 2. The molecule has 1 aromatic carbocycles. The molecule has 0 spiro atoms. The van der Waals surface area contributed by atoms with Crippen LogP contribution in [0.15, 0.2) is 35.3 Å². The van der Waals surface area contributed by atoms with Gasteiger partial charge >= 0.3 is 5.97 Å². The maximum atomic E-state index is 12.6. The summed E-state index contributed by atoms with van der Waals surface area (Å²) in [5.74, 6) is 1.82. The molecule has 1 N–H and O–H groups in total. The third kappa shape index (κ3) is 7.75. The Labute approximate surface area is 241 Å². The van der Waals surface area contributed by atoms with Crippen LogP contribution in [-0.2, 0) is 32.6 Å². The van der Waals surface area contributed by atoms with E-state index < -0.39 is 6.04 Å². The number of fused-ring (bicyclic) bond motifs is 1. The topological polar surface area (TPSA) is 106 Å². The van der Waals surface area contributed by atoms with E-state index >= 15 is 0 Å². The summed E-state index contributed by atoms with van der Waals surface area (Å²) < 4.78 is 26.2. The average molecular weight is 569 g/mol. The molecule has 0 amide bonds. The fourth-order valence-electron chi connectivity index (χ4n) is 5.30. The van der Waals surface area contributed by atoms with Crippen molar-refractivity contribution in [1.82, 2.24) is 19.4 Å². The van der Waals surface area contributed by atoms with Crippen molar-refractivity contribution in [3.63, 3.8) is 0 Å². The SMILES string of the molecule is COCC(C)OC(=O)[C@@H](NCCOc1ccc2nc(-c3cc(C)c(=O)n(C)c3)n(CC3CCOCC3)c2c1)C(C)C. The molecule has 0 aliphatic carbocycles. The molecule has 4 rings (SSSR count). The zero-order valence-electron chi connectivity index (χ0n) is 25.1. The minimum Gasteiger partial charge on any atom is -0.492 e. The van der Waals surface area contributed by atoms with E-state index in [9.17, 15) is 9.59 Å². The van der Waals surface area contributed by atoms with Gasteiger partial charge in [-0.3, -0.25) is 9.59 Å². The van der Waals surface area contributed by atoms with Crippen LogP contribution in [0.4, 0.5) is 0 Å². The minimum atomic E-state index is -0.436. The van der Waals surface area contributed by atoms with E-state index in [1.165, 1.54) is 0 Å². The number of carbonyl (C=O) groups excluding carboxylic acids is 1. The first-order valence-corrected chi connectivity index (χ1v) is 14.5. The molecule has 10 heteroatoms. The molecule has 1 unspecified atom stereocenters. The van der Waals surface area contributed by atoms with Gasteiger partial charge in [-0.05, 0) is 56.7 Å². The molecule has 224 valence electrons. The smallest absolute Gasteiger partial charge is 0.323 e. The number of rotatable bonds is 13. The number of methoxy groups -OCH3 is 1. The number of carbonyl (C=O) groups is 1. The molecule has 41 heavy (non-hydrogen) atoms. The Kier molecular flexibility index (Phi) is 10.6. The standard InChI is InChI=1S/C31H44N4O6/c1-20(2)28(31(37)41-22(4)19-38-6)32-11-14-40-25-7-8-26-27(16-25)35(17-23-9-12-39-13-10-23)29(33-26)24-15-21(3)30(36)34(5)18-24/h7-8,15-16,18,20,22-23,28,32H,9-14,17,19H2,1-6H3/t22?,28-/m0/s1. The molecule has 0 bridgehead atoms. The van der Waals surface area contributed by atoms with Gasteiger partial charge in [-0.25, -0.2) is 4.98 Å². The molecular formula is C31H44N4O6. The summed E-state index contributed by atoms with van der Waals surface area (Å²) in [6.07, 6.45) is 3.54. The second-order valence-corrected chi connectivity index (χ2v) is 11.3. The first kappa shape index (κ1) is 30.7. The molecule has 3 heterocycles. The molecule has 1 aliphatic rings. The Morgan fingerprint density at radius 1 is 1.20 bits per heavy atom. The number of aromatic nitrogens is 3. The van der Waals surface area contributed by atoms with Crippen LogP contribution < -0.4 is 15.6 Å². The number of hydrogen-bond donors (Lipinski definition) is 1. The minimum absolute atomic E-state index is 0.0115. The summed E-state index contributed by atoms with van der Waals surface area (Å²) in [4.78, 5) is 30.0. The van der Waals surface area contributed by atoms with E-state index in [0.29, 0.717) is 31.2 Å². The third-order valence-electron chi connectivity index (χ3n) is 7.50. The van der Waals surface area contributed by atoms with Gasteiger partial charge in [-0.2, -0.15) is 0 Å². The zero-order chi connectivity index (χ0) is 29.5. The summed E-state index contributed by atoms with van der Waals surface area (Å²) in [6.45, 7) is 11.2. The van der Waals surface area contributed by atoms with E-state index in [1.54, 1.807) is 18.7 Å². The molecule has 3 aromatic rings. The van der Waals surface area contributed by atoms with Crippen molar-refractivity contribution in [2.45, 2.75) is 59.2 Å². The van der Waals surface area contributed by atoms with Gasteiger partial charge in [0.15, 0.2) is 0 Å². The van der Waals surface area contributed by atoms with Crippen molar-refractivity contribution in [3.05, 3.63) is 46.4 Å². The summed E-state index contributed by atoms with van der Waals surface area (Å²) in [5, 5.41) is 3.28. The summed E-state index contributed by atoms with van der Waals surface area (Å²) >= 11 is 0. The predicted molar refractivity (Wildman–Crippen MR) is 158 cm³/mol. The molecule has 1 saturated heterocycles. The van der Waals surface area contributed by atoms with Crippen LogP contribution in [0.2, 0.25) is 0 Å². The summed E-state index contributed by atoms with van der Waals surface area (Å²) in [6, 6.07) is 7.40. The van der Waals surface area contributed by atoms with Crippen LogP contribution >= 0.6 is 0 Å². The lowest BCUT2D eigenvalue weighted by Crippen LogP contribution is -2.45. The number of ether oxygens (including phenoxy) is 4. The number of esters is 1. The number of nitrogens with zero attached hydrogens (tertiary/aromatic N) is 3. The predicted octanol–water partition coefficient (Wildman–Crippen LogP) is 3.71. The molecule has 2 atom stereocenters. The van der Waals surface area contributed by atoms with Crippen LogP contribution in [0.1, 0.15) is 39.2 Å². The molecule has 1 fully saturated rings. The van der Waals surface area contributed by atoms with Crippen molar-refractivity contribution in [2.75, 3.05) is 40.1 Å². The fourth-order valence-corrected chi connectivity index (χ4v) is 5.30. The first-order valence-electron chi connectivity index (χ1n) is 14.5. The Morgan fingerprint density at radius 2 is 1.95 bits per heavy atom. The highest BCUT2D eigenvalue weighted by Crippen LogP contribution is 2.30. The van der Waals surface area contributed by atoms with Crippen molar-refractivity contribution in [3.8, 4) is 17.1 Å². The third-order valence-corrected chi connectivity index (χ3v) is 7.50. The van der Waals surface area contributed by atoms with E-state index in [-0.39, 0.29) is 23.6 Å². The lowest BCUT2D eigenvalue weighted by Gasteiger charge is -2.24. The Bertz CT molecular complexity index is 1350. The second-order valence-electron chi connectivity index (χ2n) is 11.3. The van der Waals surface area contributed by atoms with E-state index in [4.69, 9.17) is 23.9 Å². The van der Waals surface area contributed by atoms with Gasteiger partial charge in [0.25, 0.3) is 5.56 Å². The van der Waals surface area contributed by atoms with E-state index in [1.807, 2.05) is 58.2 Å². The van der Waals surface area contributed by atoms with Gasteiger partial charge in [0.1, 0.15) is 30.3 Å². The number of benzene rings is 1. The van der Waals surface area contributed by atoms with Crippen LogP contribution in [0, 0.1) is 18.8 Å². The lowest BCUT2D eigenvalue weighted by atomic mass is 10.00. The average Bonchev–Trinajstić information content (AvgIpc) is 3.29. The van der Waals surface area contributed by atoms with Crippen molar-refractivity contribution in [2.24, 2.45) is 18.9 Å². The van der Waals surface area contributed by atoms with Crippen LogP contribution in [0.25, 0.3) is 22.4 Å². The molecule has 0 saturated carbocycles. The normalized spacial score (nSPS) is 15.8. The number of hydrogen-bond acceptors (Lipinski definition) is 8. The zero-order valence-corrected chi connectivity index (χ0v) is 25.1. The maximum absolute atomic E-state index is 12.6. The first-order chi connectivity index (χ1) is 19.7. The molecule has 10 nitrogen and oxygen atoms in total. The van der Waals surface area contributed by atoms with Crippen molar-refractivity contribution in [1.29, 1.82) is 0 Å². The monoisotopic (exact) mass is 568 g/mol. The fraction of sp³-hybridized carbons (Fsp3) is 0.581. The number of imidazole rings is 1. The lowest BCUT2D eigenvalue weighted by molar-refractivity contribution is -0.154. The Hall–Kier alpha value is -3.21. The summed E-state index contributed by atoms with van der Waals surface area (Å²) in [5.41, 5.74) is 3.44. The Morgan fingerprint density at radius 3 is 2.63 bits per heavy atom. The molecule has 1 aliphatic heterocycles. The molecule has 0 radical (unpaired) electrons. The second kappa shape index (κ2) is 14.1. The van der Waals surface area contributed by atoms with Crippen LogP contribution in [-0.4, -0.2) is 72.3 Å². The maximum Gasteiger partial charge on any atom is 0.323 e. The highest BCUT2D eigenvalue weighted by Gasteiger charge is 2.25. The van der Waals surface area contributed by atoms with Gasteiger partial charge in [-0.15, -0.1) is 0 Å². The van der Waals surface area contributed by atoms with Crippen LogP contribution in [0.5, 0.6) is 5.75 Å². The number of nitrogens with one attached hydrogen (secondary N) is 1. The largest absolute Gasteiger partial charge is 0.492 e. The van der Waals surface area contributed by atoms with Gasteiger partial charge in [0, 0.05) is 63.9 Å². The van der Waals surface area contributed by atoms with E-state index in [0.717, 1.165) is 60.8 Å².